The van der Waals surface area contributed by atoms with Crippen LogP contribution in [0, 0.1) is 12.8 Å². The van der Waals surface area contributed by atoms with E-state index in [1.807, 2.05) is 0 Å². The van der Waals surface area contributed by atoms with Gasteiger partial charge in [-0.05, 0) is 18.6 Å². The van der Waals surface area contributed by atoms with Crippen LogP contribution in [0.5, 0.6) is 0 Å². The number of sulfonamides is 1. The molecule has 3 N–H and O–H groups in total. The van der Waals surface area contributed by atoms with Crippen LogP contribution in [0.2, 0.25) is 4.34 Å². The number of halogens is 1. The van der Waals surface area contributed by atoms with Gasteiger partial charge in [-0.1, -0.05) is 30.6 Å². The van der Waals surface area contributed by atoms with E-state index in [-0.39, 0.29) is 22.5 Å². The molecule has 1 heterocycles. The molecular weight excluding hydrogens is 322 g/mol. The van der Waals surface area contributed by atoms with Crippen molar-refractivity contribution in [3.05, 3.63) is 16.0 Å². The molecule has 0 saturated heterocycles. The molecular formula is C11H18ClN3O3S2. The van der Waals surface area contributed by atoms with Gasteiger partial charge in [0, 0.05) is 19.0 Å². The van der Waals surface area contributed by atoms with Gasteiger partial charge in [-0.3, -0.25) is 0 Å². The van der Waals surface area contributed by atoms with E-state index in [0.29, 0.717) is 10.9 Å². The predicted molar refractivity (Wildman–Crippen MR) is 81.1 cm³/mol. The van der Waals surface area contributed by atoms with Gasteiger partial charge in [0.15, 0.2) is 0 Å². The van der Waals surface area contributed by atoms with Crippen molar-refractivity contribution in [2.75, 3.05) is 13.1 Å². The molecule has 20 heavy (non-hydrogen) atoms. The average Bonchev–Trinajstić information content (AvgIpc) is 2.75. The number of thiophene rings is 1. The molecule has 0 amide bonds. The lowest BCUT2D eigenvalue weighted by Crippen LogP contribution is -2.38. The maximum atomic E-state index is 12.5. The van der Waals surface area contributed by atoms with Crippen LogP contribution in [0.4, 0.5) is 0 Å². The summed E-state index contributed by atoms with van der Waals surface area (Å²) in [5.41, 5.74) is 6.22. The summed E-state index contributed by atoms with van der Waals surface area (Å²) in [5.74, 6) is -0.384. The highest BCUT2D eigenvalue weighted by molar-refractivity contribution is 7.91. The molecule has 0 aliphatic rings. The monoisotopic (exact) mass is 339 g/mol. The fraction of sp³-hybridized carbons (Fsp3) is 0.545. The molecule has 0 fully saturated rings. The second kappa shape index (κ2) is 6.75. The number of hydrogen-bond acceptors (Lipinski definition) is 5. The summed E-state index contributed by atoms with van der Waals surface area (Å²) in [6.07, 6.45) is 0. The highest BCUT2D eigenvalue weighted by Gasteiger charge is 2.28. The first-order valence-electron chi connectivity index (χ1n) is 5.97. The first-order valence-corrected chi connectivity index (χ1v) is 8.61. The van der Waals surface area contributed by atoms with Gasteiger partial charge in [0.25, 0.3) is 10.0 Å². The minimum atomic E-state index is -3.61. The molecule has 0 radical (unpaired) electrons. The number of aryl methyl sites for hydroxylation is 1. The van der Waals surface area contributed by atoms with Crippen LogP contribution in [-0.2, 0) is 10.0 Å². The number of oxime groups is 1. The Morgan fingerprint density at radius 1 is 1.65 bits per heavy atom. The van der Waals surface area contributed by atoms with Crippen LogP contribution in [0.3, 0.4) is 0 Å². The third-order valence-corrected chi connectivity index (χ3v) is 6.82. The molecule has 1 atom stereocenters. The highest BCUT2D eigenvalue weighted by Crippen LogP contribution is 2.32. The molecule has 0 spiro atoms. The van der Waals surface area contributed by atoms with Gasteiger partial charge in [-0.2, -0.15) is 4.31 Å². The highest BCUT2D eigenvalue weighted by atomic mass is 35.5. The van der Waals surface area contributed by atoms with Gasteiger partial charge in [0.2, 0.25) is 0 Å². The first-order chi connectivity index (χ1) is 9.23. The molecule has 114 valence electrons. The zero-order chi connectivity index (χ0) is 15.5. The smallest absolute Gasteiger partial charge is 0.252 e. The molecule has 0 bridgehead atoms. The first kappa shape index (κ1) is 17.2. The molecule has 0 aliphatic carbocycles. The summed E-state index contributed by atoms with van der Waals surface area (Å²) in [7, 11) is -3.61. The fourth-order valence-electron chi connectivity index (χ4n) is 1.58. The van der Waals surface area contributed by atoms with Gasteiger partial charge in [-0.15, -0.1) is 11.3 Å². The lowest BCUT2D eigenvalue weighted by molar-refractivity contribution is 0.311. The fourth-order valence-corrected chi connectivity index (χ4v) is 4.98. The third kappa shape index (κ3) is 3.63. The maximum Gasteiger partial charge on any atom is 0.252 e. The maximum absolute atomic E-state index is 12.5. The Balaban J connectivity index is 3.04. The Morgan fingerprint density at radius 2 is 2.25 bits per heavy atom. The normalized spacial score (nSPS) is 14.8. The van der Waals surface area contributed by atoms with E-state index < -0.39 is 10.0 Å². The average molecular weight is 340 g/mol. The number of nitrogens with two attached hydrogens (primary N) is 1. The topological polar surface area (TPSA) is 96.0 Å². The van der Waals surface area contributed by atoms with Crippen molar-refractivity contribution in [1.29, 1.82) is 0 Å². The van der Waals surface area contributed by atoms with Crippen molar-refractivity contribution in [2.45, 2.75) is 25.0 Å². The molecule has 1 aromatic rings. The van der Waals surface area contributed by atoms with E-state index in [1.54, 1.807) is 26.8 Å². The minimum absolute atomic E-state index is 0.000887. The lowest BCUT2D eigenvalue weighted by atomic mass is 10.1. The molecule has 1 unspecified atom stereocenters. The van der Waals surface area contributed by atoms with E-state index in [4.69, 9.17) is 22.5 Å². The largest absolute Gasteiger partial charge is 0.409 e. The van der Waals surface area contributed by atoms with E-state index in [2.05, 4.69) is 5.16 Å². The SMILES string of the molecule is CCN(CC(C)C(N)=NO)S(=O)(=O)c1cc(C)c(Cl)s1. The molecule has 0 aromatic carbocycles. The van der Waals surface area contributed by atoms with Crippen LogP contribution in [0.15, 0.2) is 15.4 Å². The summed E-state index contributed by atoms with van der Waals surface area (Å²) in [6, 6.07) is 1.55. The second-order valence-corrected chi connectivity index (χ2v) is 8.22. The van der Waals surface area contributed by atoms with Gasteiger partial charge >= 0.3 is 0 Å². The molecule has 6 nitrogen and oxygen atoms in total. The predicted octanol–water partition coefficient (Wildman–Crippen LogP) is 2.10. The molecule has 1 rings (SSSR count). The Hall–Kier alpha value is -0.830. The Bertz CT molecular complexity index is 579. The summed E-state index contributed by atoms with van der Waals surface area (Å²) in [6.45, 7) is 5.62. The van der Waals surface area contributed by atoms with Crippen molar-refractivity contribution in [1.82, 2.24) is 4.31 Å². The van der Waals surface area contributed by atoms with E-state index in [1.165, 1.54) is 4.31 Å². The van der Waals surface area contributed by atoms with Crippen molar-refractivity contribution >= 4 is 38.8 Å². The molecule has 0 saturated carbocycles. The van der Waals surface area contributed by atoms with E-state index in [9.17, 15) is 8.42 Å². The number of rotatable bonds is 6. The van der Waals surface area contributed by atoms with Crippen LogP contribution in [-0.4, -0.2) is 36.9 Å². The summed E-state index contributed by atoms with van der Waals surface area (Å²) in [4.78, 5) is 0. The van der Waals surface area contributed by atoms with Crippen molar-refractivity contribution < 1.29 is 13.6 Å². The summed E-state index contributed by atoms with van der Waals surface area (Å²) >= 11 is 6.96. The molecule has 0 aliphatic heterocycles. The minimum Gasteiger partial charge on any atom is -0.409 e. The van der Waals surface area contributed by atoms with Crippen molar-refractivity contribution in [2.24, 2.45) is 16.8 Å². The van der Waals surface area contributed by atoms with E-state index in [0.717, 1.165) is 16.9 Å². The third-order valence-electron chi connectivity index (χ3n) is 2.88. The summed E-state index contributed by atoms with van der Waals surface area (Å²) in [5, 5.41) is 11.5. The quantitative estimate of drug-likeness (QED) is 0.359. The van der Waals surface area contributed by atoms with Gasteiger partial charge in [0.1, 0.15) is 10.0 Å². The van der Waals surface area contributed by atoms with E-state index >= 15 is 0 Å². The van der Waals surface area contributed by atoms with Gasteiger partial charge < -0.3 is 10.9 Å². The Morgan fingerprint density at radius 3 is 2.65 bits per heavy atom. The zero-order valence-electron chi connectivity index (χ0n) is 11.5. The van der Waals surface area contributed by atoms with Crippen LogP contribution < -0.4 is 5.73 Å². The number of nitrogens with zero attached hydrogens (tertiary/aromatic N) is 2. The molecule has 9 heteroatoms. The number of amidine groups is 1. The Labute approximate surface area is 127 Å². The number of hydrogen-bond donors (Lipinski definition) is 2. The summed E-state index contributed by atoms with van der Waals surface area (Å²) < 4.78 is 27.0. The van der Waals surface area contributed by atoms with Crippen molar-refractivity contribution in [3.63, 3.8) is 0 Å². The standard InChI is InChI=1S/C11H18ClN3O3S2/c1-4-15(6-8(3)11(13)14-16)20(17,18)9-5-7(2)10(12)19-9/h5,8,16H,4,6H2,1-3H3,(H2,13,14). The van der Waals surface area contributed by atoms with Crippen molar-refractivity contribution in [3.8, 4) is 0 Å². The second-order valence-electron chi connectivity index (χ2n) is 4.40. The van der Waals surface area contributed by atoms with Crippen LogP contribution in [0.25, 0.3) is 0 Å². The lowest BCUT2D eigenvalue weighted by Gasteiger charge is -2.22. The van der Waals surface area contributed by atoms with Crippen LogP contribution >= 0.6 is 22.9 Å². The van der Waals surface area contributed by atoms with Crippen LogP contribution in [0.1, 0.15) is 19.4 Å². The van der Waals surface area contributed by atoms with Gasteiger partial charge in [-0.25, -0.2) is 8.42 Å². The molecule has 1 aromatic heterocycles. The Kier molecular flexibility index (Phi) is 5.81. The van der Waals surface area contributed by atoms with Gasteiger partial charge in [0.05, 0.1) is 4.34 Å². The zero-order valence-corrected chi connectivity index (χ0v) is 13.9.